The SMILES string of the molecule is O=C1CCCN(C2CCOC2)c2ccccc21. The average Bonchev–Trinajstić information content (AvgIpc) is 2.83. The number of para-hydroxylation sites is 1. The molecule has 3 nitrogen and oxygen atoms in total. The zero-order chi connectivity index (χ0) is 11.7. The summed E-state index contributed by atoms with van der Waals surface area (Å²) in [5, 5.41) is 0. The summed E-state index contributed by atoms with van der Waals surface area (Å²) in [5.41, 5.74) is 1.99. The highest BCUT2D eigenvalue weighted by Gasteiger charge is 2.28. The minimum Gasteiger partial charge on any atom is -0.379 e. The first kappa shape index (κ1) is 10.8. The molecular formula is C14H17NO2. The fraction of sp³-hybridized carbons (Fsp3) is 0.500. The van der Waals surface area contributed by atoms with Gasteiger partial charge in [0.2, 0.25) is 0 Å². The molecule has 0 saturated carbocycles. The monoisotopic (exact) mass is 231 g/mol. The molecular weight excluding hydrogens is 214 g/mol. The van der Waals surface area contributed by atoms with Crippen LogP contribution >= 0.6 is 0 Å². The summed E-state index contributed by atoms with van der Waals surface area (Å²) in [6.45, 7) is 2.61. The molecule has 0 spiro atoms. The highest BCUT2D eigenvalue weighted by Crippen LogP contribution is 2.29. The fourth-order valence-corrected chi connectivity index (χ4v) is 2.77. The number of benzene rings is 1. The Balaban J connectivity index is 1.99. The van der Waals surface area contributed by atoms with Gasteiger partial charge in [-0.25, -0.2) is 0 Å². The van der Waals surface area contributed by atoms with E-state index in [1.165, 1.54) is 0 Å². The van der Waals surface area contributed by atoms with Crippen LogP contribution in [-0.4, -0.2) is 31.6 Å². The van der Waals surface area contributed by atoms with Gasteiger partial charge in [0.15, 0.2) is 5.78 Å². The van der Waals surface area contributed by atoms with Gasteiger partial charge in [0.25, 0.3) is 0 Å². The second-order valence-corrected chi connectivity index (χ2v) is 4.75. The standard InChI is InChI=1S/C14H17NO2/c16-14-6-3-8-15(11-7-9-17-10-11)13-5-2-1-4-12(13)14/h1-2,4-5,11H,3,6-10H2. The van der Waals surface area contributed by atoms with Gasteiger partial charge in [-0.05, 0) is 25.0 Å². The summed E-state index contributed by atoms with van der Waals surface area (Å²) < 4.78 is 5.47. The summed E-state index contributed by atoms with van der Waals surface area (Å²) in [6, 6.07) is 8.43. The molecule has 1 unspecified atom stereocenters. The third-order valence-electron chi connectivity index (χ3n) is 3.66. The van der Waals surface area contributed by atoms with Crippen LogP contribution in [0.25, 0.3) is 0 Å². The number of ketones is 1. The molecule has 2 heterocycles. The zero-order valence-corrected chi connectivity index (χ0v) is 9.89. The van der Waals surface area contributed by atoms with Gasteiger partial charge in [-0.15, -0.1) is 0 Å². The molecule has 0 aromatic heterocycles. The number of hydrogen-bond acceptors (Lipinski definition) is 3. The van der Waals surface area contributed by atoms with Crippen molar-refractivity contribution in [1.29, 1.82) is 0 Å². The number of carbonyl (C=O) groups is 1. The quantitative estimate of drug-likeness (QED) is 0.742. The molecule has 3 rings (SSSR count). The lowest BCUT2D eigenvalue weighted by Crippen LogP contribution is -2.36. The van der Waals surface area contributed by atoms with Crippen molar-refractivity contribution in [2.75, 3.05) is 24.7 Å². The molecule has 0 aliphatic carbocycles. The molecule has 1 atom stereocenters. The molecule has 0 N–H and O–H groups in total. The molecule has 0 radical (unpaired) electrons. The second-order valence-electron chi connectivity index (χ2n) is 4.75. The highest BCUT2D eigenvalue weighted by atomic mass is 16.5. The van der Waals surface area contributed by atoms with Crippen molar-refractivity contribution >= 4 is 11.5 Å². The number of rotatable bonds is 1. The van der Waals surface area contributed by atoms with E-state index in [2.05, 4.69) is 11.0 Å². The van der Waals surface area contributed by atoms with Crippen LogP contribution in [0.4, 0.5) is 5.69 Å². The summed E-state index contributed by atoms with van der Waals surface area (Å²) in [4.78, 5) is 14.4. The Morgan fingerprint density at radius 1 is 1.29 bits per heavy atom. The van der Waals surface area contributed by atoms with Crippen LogP contribution < -0.4 is 4.90 Å². The Labute approximate surface area is 101 Å². The molecule has 0 bridgehead atoms. The van der Waals surface area contributed by atoms with Crippen LogP contribution in [0.1, 0.15) is 29.6 Å². The third kappa shape index (κ3) is 1.95. The normalized spacial score (nSPS) is 24.6. The second kappa shape index (κ2) is 4.49. The van der Waals surface area contributed by atoms with Crippen molar-refractivity contribution in [2.45, 2.75) is 25.3 Å². The molecule has 2 aliphatic heterocycles. The van der Waals surface area contributed by atoms with Crippen molar-refractivity contribution < 1.29 is 9.53 Å². The van der Waals surface area contributed by atoms with E-state index >= 15 is 0 Å². The van der Waals surface area contributed by atoms with Gasteiger partial charge >= 0.3 is 0 Å². The topological polar surface area (TPSA) is 29.5 Å². The number of ether oxygens (including phenoxy) is 1. The highest BCUT2D eigenvalue weighted by molar-refractivity contribution is 6.02. The van der Waals surface area contributed by atoms with Gasteiger partial charge in [0, 0.05) is 30.8 Å². The Kier molecular flexibility index (Phi) is 2.85. The maximum atomic E-state index is 12.0. The molecule has 1 aromatic carbocycles. The molecule has 1 aromatic rings. The molecule has 2 aliphatic rings. The van der Waals surface area contributed by atoms with E-state index in [0.717, 1.165) is 43.9 Å². The molecule has 1 fully saturated rings. The summed E-state index contributed by atoms with van der Waals surface area (Å²) >= 11 is 0. The Morgan fingerprint density at radius 3 is 3.00 bits per heavy atom. The van der Waals surface area contributed by atoms with Gasteiger partial charge in [0.1, 0.15) is 0 Å². The number of Topliss-reactive ketones (excluding diaryl/α,β-unsaturated/α-hetero) is 1. The van der Waals surface area contributed by atoms with Crippen LogP contribution in [0.2, 0.25) is 0 Å². The number of carbonyl (C=O) groups excluding carboxylic acids is 1. The van der Waals surface area contributed by atoms with Crippen molar-refractivity contribution in [3.63, 3.8) is 0 Å². The number of fused-ring (bicyclic) bond motifs is 1. The average molecular weight is 231 g/mol. The Hall–Kier alpha value is -1.35. The van der Waals surface area contributed by atoms with Crippen LogP contribution in [-0.2, 0) is 4.74 Å². The summed E-state index contributed by atoms with van der Waals surface area (Å²) in [5.74, 6) is 0.280. The van der Waals surface area contributed by atoms with E-state index in [9.17, 15) is 4.79 Å². The molecule has 90 valence electrons. The van der Waals surface area contributed by atoms with E-state index in [-0.39, 0.29) is 5.78 Å². The van der Waals surface area contributed by atoms with Gasteiger partial charge in [0.05, 0.1) is 12.6 Å². The van der Waals surface area contributed by atoms with Crippen LogP contribution in [0, 0.1) is 0 Å². The van der Waals surface area contributed by atoms with E-state index in [1.807, 2.05) is 18.2 Å². The molecule has 17 heavy (non-hydrogen) atoms. The van der Waals surface area contributed by atoms with Crippen LogP contribution in [0.5, 0.6) is 0 Å². The van der Waals surface area contributed by atoms with E-state index in [1.54, 1.807) is 0 Å². The van der Waals surface area contributed by atoms with E-state index < -0.39 is 0 Å². The smallest absolute Gasteiger partial charge is 0.165 e. The Morgan fingerprint density at radius 2 is 2.18 bits per heavy atom. The minimum absolute atomic E-state index is 0.280. The van der Waals surface area contributed by atoms with Gasteiger partial charge < -0.3 is 9.64 Å². The number of hydrogen-bond donors (Lipinski definition) is 0. The van der Waals surface area contributed by atoms with Crippen molar-refractivity contribution in [1.82, 2.24) is 0 Å². The van der Waals surface area contributed by atoms with Crippen LogP contribution in [0.15, 0.2) is 24.3 Å². The maximum Gasteiger partial charge on any atom is 0.165 e. The van der Waals surface area contributed by atoms with Gasteiger partial charge in [-0.2, -0.15) is 0 Å². The van der Waals surface area contributed by atoms with Crippen molar-refractivity contribution in [3.8, 4) is 0 Å². The van der Waals surface area contributed by atoms with E-state index in [4.69, 9.17) is 4.74 Å². The van der Waals surface area contributed by atoms with Crippen molar-refractivity contribution in [3.05, 3.63) is 29.8 Å². The molecule has 0 amide bonds. The lowest BCUT2D eigenvalue weighted by atomic mass is 10.1. The first-order valence-electron chi connectivity index (χ1n) is 6.33. The van der Waals surface area contributed by atoms with Crippen LogP contribution in [0.3, 0.4) is 0 Å². The van der Waals surface area contributed by atoms with E-state index in [0.29, 0.717) is 12.5 Å². The summed E-state index contributed by atoms with van der Waals surface area (Å²) in [7, 11) is 0. The van der Waals surface area contributed by atoms with Gasteiger partial charge in [-0.3, -0.25) is 4.79 Å². The zero-order valence-electron chi connectivity index (χ0n) is 9.89. The third-order valence-corrected chi connectivity index (χ3v) is 3.66. The lowest BCUT2D eigenvalue weighted by molar-refractivity contribution is 0.0984. The molecule has 3 heteroatoms. The largest absolute Gasteiger partial charge is 0.379 e. The number of anilines is 1. The lowest BCUT2D eigenvalue weighted by Gasteiger charge is -2.29. The predicted octanol–water partition coefficient (Wildman–Crippen LogP) is 2.26. The predicted molar refractivity (Wildman–Crippen MR) is 66.6 cm³/mol. The summed E-state index contributed by atoms with van der Waals surface area (Å²) in [6.07, 6.45) is 2.69. The van der Waals surface area contributed by atoms with Gasteiger partial charge in [-0.1, -0.05) is 12.1 Å². The first-order chi connectivity index (χ1) is 8.36. The first-order valence-corrected chi connectivity index (χ1v) is 6.33. The minimum atomic E-state index is 0.280. The molecule has 1 saturated heterocycles. The fourth-order valence-electron chi connectivity index (χ4n) is 2.77. The van der Waals surface area contributed by atoms with Crippen molar-refractivity contribution in [2.24, 2.45) is 0 Å². The number of nitrogens with zero attached hydrogens (tertiary/aromatic N) is 1. The maximum absolute atomic E-state index is 12.0. The Bertz CT molecular complexity index is 424.